The Labute approximate surface area is 136 Å². The Balaban J connectivity index is 1.84. The third kappa shape index (κ3) is 4.98. The van der Waals surface area contributed by atoms with Crippen LogP contribution in [-0.2, 0) is 23.3 Å². The summed E-state index contributed by atoms with van der Waals surface area (Å²) in [6.45, 7) is -4.07. The van der Waals surface area contributed by atoms with Crippen molar-refractivity contribution in [2.45, 2.75) is 49.3 Å². The minimum Gasteiger partial charge on any atom is -0.394 e. The normalized spacial score (nSPS) is 41.6. The number of aliphatic hydroxyl groups excluding tert-OH is 1. The van der Waals surface area contributed by atoms with Gasteiger partial charge in [-0.3, -0.25) is 4.52 Å². The predicted octanol–water partition coefficient (Wildman–Crippen LogP) is -1.29. The van der Waals surface area contributed by atoms with Crippen LogP contribution in [0.5, 0.6) is 0 Å². The lowest BCUT2D eigenvalue weighted by Gasteiger charge is -2.22. The van der Waals surface area contributed by atoms with Gasteiger partial charge in [0.2, 0.25) is 0 Å². The summed E-state index contributed by atoms with van der Waals surface area (Å²) in [5, 5.41) is 9.23. The van der Waals surface area contributed by atoms with Crippen molar-refractivity contribution in [1.29, 1.82) is 0 Å². The van der Waals surface area contributed by atoms with Crippen LogP contribution in [0.1, 0.15) is 12.8 Å². The van der Waals surface area contributed by atoms with Crippen molar-refractivity contribution < 1.29 is 33.3 Å². The van der Waals surface area contributed by atoms with Gasteiger partial charge in [0.25, 0.3) is 0 Å². The Morgan fingerprint density at radius 1 is 1.23 bits per heavy atom. The second-order valence-electron chi connectivity index (χ2n) is 5.81. The van der Waals surface area contributed by atoms with Crippen LogP contribution in [0, 0.1) is 0 Å². The smallest absolute Gasteiger partial charge is 0.387 e. The van der Waals surface area contributed by atoms with Crippen LogP contribution in [0.4, 0.5) is 0 Å². The molecular formula is C11H23B2O7PS. The Hall–Kier alpha value is 0.470. The van der Waals surface area contributed by atoms with Crippen LogP contribution in [0.15, 0.2) is 0 Å². The molecule has 11 heteroatoms. The molecule has 2 fully saturated rings. The molecule has 0 amide bonds. The molecular weight excluding hydrogens is 329 g/mol. The Bertz CT molecular complexity index is 418. The molecule has 0 radical (unpaired) electrons. The van der Waals surface area contributed by atoms with Crippen molar-refractivity contribution in [3.8, 4) is 0 Å². The van der Waals surface area contributed by atoms with Gasteiger partial charge >= 0.3 is 6.80 Å². The van der Waals surface area contributed by atoms with E-state index in [1.807, 2.05) is 15.7 Å². The Kier molecular flexibility index (Phi) is 6.86. The van der Waals surface area contributed by atoms with Gasteiger partial charge < -0.3 is 24.2 Å². The molecule has 0 spiro atoms. The van der Waals surface area contributed by atoms with Gasteiger partial charge in [0.15, 0.2) is 0 Å². The van der Waals surface area contributed by atoms with Crippen LogP contribution in [0.3, 0.4) is 0 Å². The Morgan fingerprint density at radius 3 is 2.41 bits per heavy atom. The van der Waals surface area contributed by atoms with Gasteiger partial charge in [-0.15, -0.1) is 0 Å². The Morgan fingerprint density at radius 2 is 1.82 bits per heavy atom. The molecule has 22 heavy (non-hydrogen) atoms. The summed E-state index contributed by atoms with van der Waals surface area (Å²) in [6, 6.07) is -0.0126. The molecule has 0 aromatic heterocycles. The second kappa shape index (κ2) is 8.03. The van der Waals surface area contributed by atoms with Crippen molar-refractivity contribution in [3.63, 3.8) is 0 Å². The van der Waals surface area contributed by atoms with E-state index in [-0.39, 0.29) is 30.8 Å². The lowest BCUT2D eigenvalue weighted by Crippen LogP contribution is -2.27. The summed E-state index contributed by atoms with van der Waals surface area (Å²) in [6.07, 6.45) is -0.133. The number of rotatable bonds is 7. The van der Waals surface area contributed by atoms with Crippen LogP contribution in [0.25, 0.3) is 0 Å². The quantitative estimate of drug-likeness (QED) is 0.432. The van der Waals surface area contributed by atoms with E-state index >= 15 is 0 Å². The molecule has 0 saturated carbocycles. The molecule has 2 heterocycles. The number of hydrogen-bond donors (Lipinski definition) is 2. The summed E-state index contributed by atoms with van der Waals surface area (Å²) in [5.74, 6) is 0.323. The average Bonchev–Trinajstić information content (AvgIpc) is 2.98. The summed E-state index contributed by atoms with van der Waals surface area (Å²) < 4.78 is 34.0. The number of aliphatic hydroxyl groups is 1. The molecule has 3 unspecified atom stereocenters. The topological polar surface area (TPSA) is 94.5 Å². The maximum Gasteiger partial charge on any atom is 0.387 e. The van der Waals surface area contributed by atoms with Crippen LogP contribution in [-0.4, -0.2) is 81.6 Å². The molecule has 2 N–H and O–H groups in total. The van der Waals surface area contributed by atoms with Crippen LogP contribution < -0.4 is 0 Å². The largest absolute Gasteiger partial charge is 0.394 e. The fourth-order valence-corrected chi connectivity index (χ4v) is 5.65. The molecule has 0 aliphatic carbocycles. The van der Waals surface area contributed by atoms with E-state index < -0.39 is 19.0 Å². The van der Waals surface area contributed by atoms with Gasteiger partial charge in [-0.05, 0) is 24.2 Å². The summed E-state index contributed by atoms with van der Waals surface area (Å²) in [4.78, 5) is 10.0. The number of hydrogen-bond acceptors (Lipinski definition) is 7. The minimum atomic E-state index is -3.84. The predicted molar refractivity (Wildman–Crippen MR) is 88.7 cm³/mol. The monoisotopic (exact) mass is 352 g/mol. The highest BCUT2D eigenvalue weighted by atomic mass is 32.7. The van der Waals surface area contributed by atoms with Crippen molar-refractivity contribution in [3.05, 3.63) is 0 Å². The molecule has 2 aliphatic rings. The first-order valence-electron chi connectivity index (χ1n) is 7.45. The number of methoxy groups -OCH3 is 1. The third-order valence-electron chi connectivity index (χ3n) is 3.93. The van der Waals surface area contributed by atoms with Crippen molar-refractivity contribution >= 4 is 33.9 Å². The lowest BCUT2D eigenvalue weighted by atomic mass is 9.96. The fraction of sp³-hybridized carbons (Fsp3) is 1.00. The summed E-state index contributed by atoms with van der Waals surface area (Å²) in [5.41, 5.74) is 0. The molecule has 2 aliphatic heterocycles. The van der Waals surface area contributed by atoms with E-state index in [9.17, 15) is 14.6 Å². The second-order valence-corrected chi connectivity index (χ2v) is 9.71. The zero-order valence-corrected chi connectivity index (χ0v) is 14.8. The molecule has 0 bridgehead atoms. The summed E-state index contributed by atoms with van der Waals surface area (Å²) in [7, 11) is 5.41. The van der Waals surface area contributed by atoms with E-state index in [0.717, 1.165) is 17.8 Å². The zero-order valence-electron chi connectivity index (χ0n) is 13.1. The van der Waals surface area contributed by atoms with Crippen molar-refractivity contribution in [2.75, 3.05) is 19.5 Å². The maximum atomic E-state index is 12.2. The van der Waals surface area contributed by atoms with Gasteiger partial charge in [-0.1, -0.05) is 0 Å². The zero-order chi connectivity index (χ0) is 16.3. The summed E-state index contributed by atoms with van der Waals surface area (Å²) >= 11 is 0.844. The highest BCUT2D eigenvalue weighted by molar-refractivity contribution is 8.54. The van der Waals surface area contributed by atoms with E-state index in [4.69, 9.17) is 18.7 Å². The third-order valence-corrected chi connectivity index (χ3v) is 6.95. The average molecular weight is 352 g/mol. The van der Waals surface area contributed by atoms with Crippen molar-refractivity contribution in [1.82, 2.24) is 0 Å². The standard InChI is InChI=1S/C11H23B2O7PS/c1-17-6-2-10(12)19-9(6)5-22-21(15,16)20-7-3-11(13)18-8(7)4-14/h6-11,14H,2-5,12-13H2,1H3,(H,15,16)/t6?,7?,8-,9-,10-,11-/m1/s1. The van der Waals surface area contributed by atoms with Gasteiger partial charge in [-0.2, -0.15) is 0 Å². The fourth-order valence-electron chi connectivity index (χ4n) is 2.88. The molecule has 0 aromatic carbocycles. The molecule has 2 saturated heterocycles. The molecule has 7 nitrogen and oxygen atoms in total. The van der Waals surface area contributed by atoms with Gasteiger partial charge in [-0.25, -0.2) is 4.57 Å². The maximum absolute atomic E-state index is 12.2. The highest BCUT2D eigenvalue weighted by Gasteiger charge is 2.40. The van der Waals surface area contributed by atoms with Gasteiger partial charge in [0.1, 0.15) is 21.8 Å². The first kappa shape index (κ1) is 18.8. The van der Waals surface area contributed by atoms with E-state index in [0.29, 0.717) is 12.2 Å². The minimum absolute atomic E-state index is 0.0671. The lowest BCUT2D eigenvalue weighted by molar-refractivity contribution is 0.00236. The number of ether oxygens (including phenoxy) is 3. The molecule has 126 valence electrons. The highest BCUT2D eigenvalue weighted by Crippen LogP contribution is 2.58. The molecule has 7 atom stereocenters. The first-order chi connectivity index (χ1) is 10.3. The van der Waals surface area contributed by atoms with E-state index in [1.165, 1.54) is 0 Å². The van der Waals surface area contributed by atoms with Crippen LogP contribution in [0.2, 0.25) is 0 Å². The van der Waals surface area contributed by atoms with E-state index in [2.05, 4.69) is 0 Å². The van der Waals surface area contributed by atoms with Crippen molar-refractivity contribution in [2.24, 2.45) is 0 Å². The SMILES string of the molecule is B[C@H]1CC(OC)[C@@H](CSP(=O)(O)OC2C[C@H](B)O[C@@H]2CO)O1. The van der Waals surface area contributed by atoms with Crippen LogP contribution >= 0.6 is 18.2 Å². The molecule has 0 aromatic rings. The first-order valence-corrected chi connectivity index (χ1v) is 10.6. The van der Waals surface area contributed by atoms with Gasteiger partial charge in [0.05, 0.1) is 24.9 Å². The van der Waals surface area contributed by atoms with Gasteiger partial charge in [0, 0.05) is 24.9 Å². The van der Waals surface area contributed by atoms with E-state index in [1.54, 1.807) is 7.11 Å². The molecule has 2 rings (SSSR count).